The van der Waals surface area contributed by atoms with Crippen LogP contribution in [0.5, 0.6) is 0 Å². The van der Waals surface area contributed by atoms with E-state index < -0.39 is 0 Å². The maximum absolute atomic E-state index is 6.19. The molecular formula is C16H19ClN4. The highest BCUT2D eigenvalue weighted by Crippen LogP contribution is 2.39. The van der Waals surface area contributed by atoms with E-state index in [0.717, 1.165) is 36.1 Å². The Hall–Kier alpha value is -1.81. The van der Waals surface area contributed by atoms with Gasteiger partial charge in [0.25, 0.3) is 0 Å². The van der Waals surface area contributed by atoms with Crippen molar-refractivity contribution in [1.82, 2.24) is 9.97 Å². The van der Waals surface area contributed by atoms with E-state index in [-0.39, 0.29) is 0 Å². The van der Waals surface area contributed by atoms with Crippen LogP contribution in [0.4, 0.5) is 17.3 Å². The van der Waals surface area contributed by atoms with Crippen molar-refractivity contribution in [2.45, 2.75) is 32.1 Å². The molecule has 1 aliphatic carbocycles. The summed E-state index contributed by atoms with van der Waals surface area (Å²) in [6.07, 6.45) is 3.43. The lowest BCUT2D eigenvalue weighted by Crippen LogP contribution is -2.06. The summed E-state index contributed by atoms with van der Waals surface area (Å²) in [5, 5.41) is 7.31. The molecule has 4 nitrogen and oxygen atoms in total. The van der Waals surface area contributed by atoms with Crippen LogP contribution in [0.25, 0.3) is 0 Å². The molecule has 0 radical (unpaired) electrons. The highest BCUT2D eigenvalue weighted by atomic mass is 35.5. The molecule has 1 aromatic heterocycles. The SMILES string of the molecule is CCCNc1cc(Nc2ccccc2Cl)nc(C2CC2)n1. The molecule has 0 aliphatic heterocycles. The molecule has 0 unspecified atom stereocenters. The molecule has 0 atom stereocenters. The molecular weight excluding hydrogens is 284 g/mol. The van der Waals surface area contributed by atoms with Crippen molar-refractivity contribution >= 4 is 28.9 Å². The van der Waals surface area contributed by atoms with E-state index in [0.29, 0.717) is 10.9 Å². The number of hydrogen-bond acceptors (Lipinski definition) is 4. The Morgan fingerprint density at radius 2 is 1.95 bits per heavy atom. The fourth-order valence-corrected chi connectivity index (χ4v) is 2.28. The Balaban J connectivity index is 1.86. The van der Waals surface area contributed by atoms with Gasteiger partial charge in [-0.15, -0.1) is 0 Å². The molecule has 2 aromatic rings. The first-order chi connectivity index (χ1) is 10.3. The van der Waals surface area contributed by atoms with E-state index >= 15 is 0 Å². The predicted octanol–water partition coefficient (Wildman–Crippen LogP) is 4.57. The van der Waals surface area contributed by atoms with Crippen LogP contribution in [-0.2, 0) is 0 Å². The van der Waals surface area contributed by atoms with Crippen molar-refractivity contribution in [2.75, 3.05) is 17.2 Å². The van der Waals surface area contributed by atoms with E-state index in [1.165, 1.54) is 12.8 Å². The van der Waals surface area contributed by atoms with Gasteiger partial charge in [-0.25, -0.2) is 9.97 Å². The van der Waals surface area contributed by atoms with Crippen LogP contribution in [0.2, 0.25) is 5.02 Å². The van der Waals surface area contributed by atoms with E-state index in [9.17, 15) is 0 Å². The minimum absolute atomic E-state index is 0.514. The molecule has 21 heavy (non-hydrogen) atoms. The van der Waals surface area contributed by atoms with E-state index in [4.69, 9.17) is 11.6 Å². The minimum atomic E-state index is 0.514. The normalized spacial score (nSPS) is 14.0. The molecule has 1 aliphatic rings. The number of halogens is 1. The first-order valence-corrected chi connectivity index (χ1v) is 7.78. The molecule has 5 heteroatoms. The van der Waals surface area contributed by atoms with Gasteiger partial charge in [0.05, 0.1) is 10.7 Å². The number of benzene rings is 1. The van der Waals surface area contributed by atoms with Gasteiger partial charge in [0.1, 0.15) is 17.5 Å². The summed E-state index contributed by atoms with van der Waals surface area (Å²) in [4.78, 5) is 9.22. The number of para-hydroxylation sites is 1. The lowest BCUT2D eigenvalue weighted by atomic mass is 10.3. The van der Waals surface area contributed by atoms with Crippen molar-refractivity contribution in [3.8, 4) is 0 Å². The molecule has 0 bridgehead atoms. The van der Waals surface area contributed by atoms with Gasteiger partial charge in [0.15, 0.2) is 0 Å². The van der Waals surface area contributed by atoms with Gasteiger partial charge in [-0.2, -0.15) is 0 Å². The van der Waals surface area contributed by atoms with Crippen LogP contribution >= 0.6 is 11.6 Å². The molecule has 0 saturated heterocycles. The lowest BCUT2D eigenvalue weighted by Gasteiger charge is -2.11. The topological polar surface area (TPSA) is 49.8 Å². The summed E-state index contributed by atoms with van der Waals surface area (Å²) < 4.78 is 0. The summed E-state index contributed by atoms with van der Waals surface area (Å²) in [6, 6.07) is 9.61. The maximum Gasteiger partial charge on any atom is 0.136 e. The summed E-state index contributed by atoms with van der Waals surface area (Å²) in [7, 11) is 0. The Labute approximate surface area is 130 Å². The Morgan fingerprint density at radius 3 is 2.67 bits per heavy atom. The average Bonchev–Trinajstić information content (AvgIpc) is 3.32. The zero-order chi connectivity index (χ0) is 14.7. The van der Waals surface area contributed by atoms with E-state index in [2.05, 4.69) is 27.5 Å². The molecule has 1 fully saturated rings. The Bertz CT molecular complexity index is 625. The highest BCUT2D eigenvalue weighted by Gasteiger charge is 2.27. The largest absolute Gasteiger partial charge is 0.370 e. The summed E-state index contributed by atoms with van der Waals surface area (Å²) in [5.41, 5.74) is 0.862. The summed E-state index contributed by atoms with van der Waals surface area (Å²) >= 11 is 6.19. The maximum atomic E-state index is 6.19. The number of rotatable bonds is 6. The van der Waals surface area contributed by atoms with Crippen LogP contribution in [0.15, 0.2) is 30.3 Å². The second-order valence-electron chi connectivity index (χ2n) is 5.30. The molecule has 3 rings (SSSR count). The number of nitrogens with zero attached hydrogens (tertiary/aromatic N) is 2. The van der Waals surface area contributed by atoms with Gasteiger partial charge in [-0.05, 0) is 31.4 Å². The lowest BCUT2D eigenvalue weighted by molar-refractivity contribution is 0.911. The van der Waals surface area contributed by atoms with Gasteiger partial charge < -0.3 is 10.6 Å². The smallest absolute Gasteiger partial charge is 0.136 e. The van der Waals surface area contributed by atoms with Crippen molar-refractivity contribution in [1.29, 1.82) is 0 Å². The van der Waals surface area contributed by atoms with Gasteiger partial charge in [-0.3, -0.25) is 0 Å². The van der Waals surface area contributed by atoms with Gasteiger partial charge in [0, 0.05) is 18.5 Å². The van der Waals surface area contributed by atoms with Gasteiger partial charge in [0.2, 0.25) is 0 Å². The van der Waals surface area contributed by atoms with E-state index in [1.54, 1.807) is 0 Å². The first-order valence-electron chi connectivity index (χ1n) is 7.40. The number of aromatic nitrogens is 2. The molecule has 0 amide bonds. The van der Waals surface area contributed by atoms with Crippen LogP contribution in [0.3, 0.4) is 0 Å². The van der Waals surface area contributed by atoms with Crippen molar-refractivity contribution in [3.05, 3.63) is 41.2 Å². The molecule has 1 heterocycles. The molecule has 0 spiro atoms. The van der Waals surface area contributed by atoms with Gasteiger partial charge in [-0.1, -0.05) is 30.7 Å². The molecule has 1 aromatic carbocycles. The second kappa shape index (κ2) is 6.31. The fraction of sp³-hybridized carbons (Fsp3) is 0.375. The zero-order valence-electron chi connectivity index (χ0n) is 12.1. The Kier molecular flexibility index (Phi) is 4.25. The monoisotopic (exact) mass is 302 g/mol. The standard InChI is InChI=1S/C16H19ClN4/c1-2-9-18-14-10-15(21-16(20-14)11-7-8-11)19-13-6-4-3-5-12(13)17/h3-6,10-11H,2,7-9H2,1H3,(H2,18,19,20,21). The minimum Gasteiger partial charge on any atom is -0.370 e. The summed E-state index contributed by atoms with van der Waals surface area (Å²) in [6.45, 7) is 3.05. The third kappa shape index (κ3) is 3.64. The third-order valence-corrected chi connectivity index (χ3v) is 3.71. The number of anilines is 3. The van der Waals surface area contributed by atoms with Crippen molar-refractivity contribution in [2.24, 2.45) is 0 Å². The first kappa shape index (κ1) is 14.1. The zero-order valence-corrected chi connectivity index (χ0v) is 12.8. The van der Waals surface area contributed by atoms with Crippen LogP contribution in [-0.4, -0.2) is 16.5 Å². The van der Waals surface area contributed by atoms with Crippen LogP contribution in [0, 0.1) is 0 Å². The van der Waals surface area contributed by atoms with Crippen molar-refractivity contribution < 1.29 is 0 Å². The highest BCUT2D eigenvalue weighted by molar-refractivity contribution is 6.33. The second-order valence-corrected chi connectivity index (χ2v) is 5.71. The molecule has 2 N–H and O–H groups in total. The van der Waals surface area contributed by atoms with Gasteiger partial charge >= 0.3 is 0 Å². The molecule has 110 valence electrons. The van der Waals surface area contributed by atoms with E-state index in [1.807, 2.05) is 30.3 Å². The Morgan fingerprint density at radius 1 is 1.19 bits per heavy atom. The van der Waals surface area contributed by atoms with Crippen LogP contribution < -0.4 is 10.6 Å². The number of hydrogen-bond donors (Lipinski definition) is 2. The third-order valence-electron chi connectivity index (χ3n) is 3.38. The quantitative estimate of drug-likeness (QED) is 0.820. The fourth-order valence-electron chi connectivity index (χ4n) is 2.10. The average molecular weight is 303 g/mol. The number of nitrogens with one attached hydrogen (secondary N) is 2. The molecule has 1 saturated carbocycles. The van der Waals surface area contributed by atoms with Crippen LogP contribution in [0.1, 0.15) is 37.9 Å². The summed E-state index contributed by atoms with van der Waals surface area (Å²) in [5.74, 6) is 3.10. The van der Waals surface area contributed by atoms with Crippen molar-refractivity contribution in [3.63, 3.8) is 0 Å². The predicted molar refractivity (Wildman–Crippen MR) is 87.5 cm³/mol.